The summed E-state index contributed by atoms with van der Waals surface area (Å²) in [7, 11) is 2.84. The molecule has 2 aromatic heterocycles. The van der Waals surface area contributed by atoms with Crippen LogP contribution in [-0.2, 0) is 18.4 Å². The van der Waals surface area contributed by atoms with Crippen LogP contribution in [0.2, 0.25) is 0 Å². The molecule has 0 saturated carbocycles. The molecule has 8 heteroatoms. The van der Waals surface area contributed by atoms with Crippen molar-refractivity contribution in [3.63, 3.8) is 0 Å². The zero-order valence-electron chi connectivity index (χ0n) is 15.2. The fourth-order valence-corrected chi connectivity index (χ4v) is 2.50. The summed E-state index contributed by atoms with van der Waals surface area (Å²) < 4.78 is 17.3. The fraction of sp³-hybridized carbons (Fsp3) is 0.211. The Morgan fingerprint density at radius 1 is 1.22 bits per heavy atom. The molecule has 0 saturated heterocycles. The van der Waals surface area contributed by atoms with Gasteiger partial charge in [0.2, 0.25) is 0 Å². The Balaban J connectivity index is 1.67. The number of nitrogens with zero attached hydrogens (tertiary/aromatic N) is 2. The van der Waals surface area contributed by atoms with Crippen LogP contribution < -0.4 is 10.1 Å². The summed E-state index contributed by atoms with van der Waals surface area (Å²) in [5, 5.41) is 6.56. The van der Waals surface area contributed by atoms with Gasteiger partial charge >= 0.3 is 5.97 Å². The number of amides is 1. The van der Waals surface area contributed by atoms with Crippen molar-refractivity contribution in [1.29, 1.82) is 0 Å². The Labute approximate surface area is 155 Å². The van der Waals surface area contributed by atoms with E-state index in [-0.39, 0.29) is 23.7 Å². The third-order valence-corrected chi connectivity index (χ3v) is 3.91. The summed E-state index contributed by atoms with van der Waals surface area (Å²) >= 11 is 0. The number of para-hydroxylation sites is 1. The Hall–Kier alpha value is -3.55. The third-order valence-electron chi connectivity index (χ3n) is 3.91. The highest BCUT2D eigenvalue weighted by molar-refractivity contribution is 6.06. The van der Waals surface area contributed by atoms with Crippen LogP contribution in [0.3, 0.4) is 0 Å². The van der Waals surface area contributed by atoms with Crippen molar-refractivity contribution in [2.75, 3.05) is 12.4 Å². The summed E-state index contributed by atoms with van der Waals surface area (Å²) in [6.07, 6.45) is 1.37. The standard InChI is InChI=1S/C19H19N3O5/c1-12-6-4-5-7-15(12)26-11-13-8-9-16(27-13)18(23)21-14-10-20-22(2)17(14)19(24)25-3/h4-10H,11H2,1-3H3,(H,21,23). The fourth-order valence-electron chi connectivity index (χ4n) is 2.50. The maximum Gasteiger partial charge on any atom is 0.358 e. The monoisotopic (exact) mass is 369 g/mol. The van der Waals surface area contributed by atoms with Crippen LogP contribution >= 0.6 is 0 Å². The average Bonchev–Trinajstić information content (AvgIpc) is 3.27. The number of furan rings is 1. The highest BCUT2D eigenvalue weighted by Crippen LogP contribution is 2.20. The molecule has 140 valence electrons. The lowest BCUT2D eigenvalue weighted by atomic mass is 10.2. The number of methoxy groups -OCH3 is 1. The van der Waals surface area contributed by atoms with Gasteiger partial charge in [-0.3, -0.25) is 9.48 Å². The van der Waals surface area contributed by atoms with Gasteiger partial charge in [0.15, 0.2) is 11.5 Å². The van der Waals surface area contributed by atoms with E-state index in [9.17, 15) is 9.59 Å². The number of hydrogen-bond donors (Lipinski definition) is 1. The first kappa shape index (κ1) is 18.2. The molecule has 0 spiro atoms. The van der Waals surface area contributed by atoms with Crippen LogP contribution in [-0.4, -0.2) is 28.8 Å². The number of nitrogens with one attached hydrogen (secondary N) is 1. The summed E-state index contributed by atoms with van der Waals surface area (Å²) in [4.78, 5) is 24.2. The largest absolute Gasteiger partial charge is 0.485 e. The highest BCUT2D eigenvalue weighted by atomic mass is 16.5. The highest BCUT2D eigenvalue weighted by Gasteiger charge is 2.21. The first-order valence-electron chi connectivity index (χ1n) is 8.18. The van der Waals surface area contributed by atoms with E-state index in [1.54, 1.807) is 19.2 Å². The second kappa shape index (κ2) is 7.77. The number of aryl methyl sites for hydroxylation is 2. The Morgan fingerprint density at radius 3 is 2.74 bits per heavy atom. The SMILES string of the molecule is COC(=O)c1c(NC(=O)c2ccc(COc3ccccc3C)o2)cnn1C. The summed E-state index contributed by atoms with van der Waals surface area (Å²) in [5.41, 5.74) is 1.39. The van der Waals surface area contributed by atoms with Gasteiger partial charge < -0.3 is 19.2 Å². The normalized spacial score (nSPS) is 10.5. The number of ether oxygens (including phenoxy) is 2. The minimum absolute atomic E-state index is 0.0954. The van der Waals surface area contributed by atoms with Gasteiger partial charge in [-0.1, -0.05) is 18.2 Å². The van der Waals surface area contributed by atoms with Gasteiger partial charge in [-0.2, -0.15) is 5.10 Å². The number of aromatic nitrogens is 2. The zero-order valence-corrected chi connectivity index (χ0v) is 15.2. The van der Waals surface area contributed by atoms with Crippen molar-refractivity contribution in [1.82, 2.24) is 9.78 Å². The maximum absolute atomic E-state index is 12.4. The number of carbonyl (C=O) groups excluding carboxylic acids is 2. The second-order valence-electron chi connectivity index (χ2n) is 5.80. The molecule has 0 unspecified atom stereocenters. The number of benzene rings is 1. The van der Waals surface area contributed by atoms with E-state index in [1.165, 1.54) is 18.0 Å². The predicted octanol–water partition coefficient (Wildman–Crippen LogP) is 2.94. The van der Waals surface area contributed by atoms with Crippen LogP contribution in [0.25, 0.3) is 0 Å². The minimum Gasteiger partial charge on any atom is -0.485 e. The summed E-state index contributed by atoms with van der Waals surface area (Å²) in [6, 6.07) is 10.8. The van der Waals surface area contributed by atoms with Crippen molar-refractivity contribution in [2.45, 2.75) is 13.5 Å². The molecule has 0 radical (unpaired) electrons. The van der Waals surface area contributed by atoms with E-state index in [0.717, 1.165) is 11.3 Å². The topological polar surface area (TPSA) is 95.6 Å². The molecule has 1 aromatic carbocycles. The van der Waals surface area contributed by atoms with Crippen LogP contribution in [0.5, 0.6) is 5.75 Å². The molecule has 0 aliphatic rings. The van der Waals surface area contributed by atoms with Gasteiger partial charge in [-0.25, -0.2) is 4.79 Å². The molecular weight excluding hydrogens is 350 g/mol. The Morgan fingerprint density at radius 2 is 2.00 bits per heavy atom. The Bertz CT molecular complexity index is 973. The van der Waals surface area contributed by atoms with Crippen molar-refractivity contribution < 1.29 is 23.5 Å². The van der Waals surface area contributed by atoms with Crippen LogP contribution in [0, 0.1) is 6.92 Å². The maximum atomic E-state index is 12.4. The van der Waals surface area contributed by atoms with Gasteiger partial charge in [0, 0.05) is 7.05 Å². The van der Waals surface area contributed by atoms with Crippen LogP contribution in [0.1, 0.15) is 32.4 Å². The second-order valence-corrected chi connectivity index (χ2v) is 5.80. The van der Waals surface area contributed by atoms with Gasteiger partial charge in [0.05, 0.1) is 19.0 Å². The van der Waals surface area contributed by atoms with E-state index in [2.05, 4.69) is 10.4 Å². The predicted molar refractivity (Wildman–Crippen MR) is 96.7 cm³/mol. The number of esters is 1. The number of hydrogen-bond acceptors (Lipinski definition) is 6. The van der Waals surface area contributed by atoms with E-state index < -0.39 is 11.9 Å². The zero-order chi connectivity index (χ0) is 19.4. The number of anilines is 1. The van der Waals surface area contributed by atoms with Gasteiger partial charge in [0.25, 0.3) is 5.91 Å². The van der Waals surface area contributed by atoms with Crippen molar-refractivity contribution >= 4 is 17.6 Å². The molecule has 1 N–H and O–H groups in total. The molecule has 0 aliphatic heterocycles. The summed E-state index contributed by atoms with van der Waals surface area (Å²) in [6.45, 7) is 2.14. The van der Waals surface area contributed by atoms with E-state index >= 15 is 0 Å². The first-order chi connectivity index (χ1) is 13.0. The lowest BCUT2D eigenvalue weighted by Gasteiger charge is -2.07. The van der Waals surface area contributed by atoms with Crippen molar-refractivity contribution in [3.8, 4) is 5.75 Å². The molecular formula is C19H19N3O5. The van der Waals surface area contributed by atoms with Gasteiger partial charge in [-0.15, -0.1) is 0 Å². The molecule has 1 amide bonds. The smallest absolute Gasteiger partial charge is 0.358 e. The molecule has 0 fully saturated rings. The average molecular weight is 369 g/mol. The van der Waals surface area contributed by atoms with Crippen LogP contribution in [0.4, 0.5) is 5.69 Å². The molecule has 0 bridgehead atoms. The van der Waals surface area contributed by atoms with E-state index in [4.69, 9.17) is 13.9 Å². The number of carbonyl (C=O) groups is 2. The van der Waals surface area contributed by atoms with Gasteiger partial charge in [0.1, 0.15) is 18.1 Å². The van der Waals surface area contributed by atoms with E-state index in [1.807, 2.05) is 31.2 Å². The molecule has 8 nitrogen and oxygen atoms in total. The van der Waals surface area contributed by atoms with Gasteiger partial charge in [-0.05, 0) is 30.7 Å². The minimum atomic E-state index is -0.600. The Kier molecular flexibility index (Phi) is 5.25. The van der Waals surface area contributed by atoms with E-state index in [0.29, 0.717) is 5.76 Å². The molecule has 0 aliphatic carbocycles. The molecule has 27 heavy (non-hydrogen) atoms. The van der Waals surface area contributed by atoms with Crippen molar-refractivity contribution in [3.05, 3.63) is 65.4 Å². The van der Waals surface area contributed by atoms with Crippen LogP contribution in [0.15, 0.2) is 47.0 Å². The van der Waals surface area contributed by atoms with Crippen molar-refractivity contribution in [2.24, 2.45) is 7.05 Å². The molecule has 2 heterocycles. The molecule has 3 aromatic rings. The molecule has 3 rings (SSSR count). The summed E-state index contributed by atoms with van der Waals surface area (Å²) in [5.74, 6) is 0.242. The number of rotatable bonds is 6. The third kappa shape index (κ3) is 4.00. The first-order valence-corrected chi connectivity index (χ1v) is 8.18. The molecule has 0 atom stereocenters. The lowest BCUT2D eigenvalue weighted by molar-refractivity contribution is 0.0589. The quantitative estimate of drug-likeness (QED) is 0.671. The lowest BCUT2D eigenvalue weighted by Crippen LogP contribution is -2.16.